The Hall–Kier alpha value is -0.440. The first-order chi connectivity index (χ1) is 11.2. The van der Waals surface area contributed by atoms with Crippen LogP contribution in [0.1, 0.15) is 1.37 Å². The van der Waals surface area contributed by atoms with E-state index in [1.807, 2.05) is 0 Å². The molecule has 0 aliphatic carbocycles. The van der Waals surface area contributed by atoms with Gasteiger partial charge in [0.15, 0.2) is 12.6 Å². The van der Waals surface area contributed by atoms with E-state index in [4.69, 9.17) is 25.8 Å². The minimum Gasteiger partial charge on any atom is -0.394 e. The molecule has 0 aromatic heterocycles. The Balaban J connectivity index is 2.18. The van der Waals surface area contributed by atoms with Gasteiger partial charge in [-0.05, 0) is 0 Å². The van der Waals surface area contributed by atoms with E-state index in [1.54, 1.807) is 0 Å². The minimum absolute atomic E-state index is 0.736. The summed E-state index contributed by atoms with van der Waals surface area (Å²) in [6, 6.07) is 0. The molecule has 0 radical (unpaired) electrons. The number of hydrogen-bond acceptors (Lipinski definition) is 11. The van der Waals surface area contributed by atoms with Gasteiger partial charge in [0.25, 0.3) is 0 Å². The van der Waals surface area contributed by atoms with Gasteiger partial charge >= 0.3 is 0 Å². The average Bonchev–Trinajstić information content (AvgIpc) is 2.57. The van der Waals surface area contributed by atoms with Crippen LogP contribution in [0.25, 0.3) is 0 Å². The van der Waals surface area contributed by atoms with Crippen molar-refractivity contribution in [2.24, 2.45) is 0 Å². The van der Waals surface area contributed by atoms with Crippen molar-refractivity contribution in [3.63, 3.8) is 0 Å². The second kappa shape index (κ2) is 7.63. The fourth-order valence-corrected chi connectivity index (χ4v) is 2.36. The Labute approximate surface area is 132 Å². The van der Waals surface area contributed by atoms with E-state index in [2.05, 4.69) is 0 Å². The molecule has 0 aromatic carbocycles. The standard InChI is InChI=1S/C12H22O11/c13-1-3-5(15)7(17)9(19)11(21-3)23-12-10(20)8(18)6(16)4(2-14)22-12/h3-20H,1-2H2/t3?,4?,5-,6-,7?,8?,9+,10?,11-,12-/m1/s1/i11D. The molecule has 8 N–H and O–H groups in total. The van der Waals surface area contributed by atoms with E-state index in [-0.39, 0.29) is 0 Å². The molecule has 0 spiro atoms. The summed E-state index contributed by atoms with van der Waals surface area (Å²) < 4.78 is 22.9. The van der Waals surface area contributed by atoms with Gasteiger partial charge in [-0.15, -0.1) is 0 Å². The first-order valence-electron chi connectivity index (χ1n) is 7.47. The number of aliphatic hydroxyl groups excluding tert-OH is 8. The number of hydrogen-bond donors (Lipinski definition) is 8. The first kappa shape index (κ1) is 17.4. The summed E-state index contributed by atoms with van der Waals surface area (Å²) in [7, 11) is 0. The molecule has 136 valence electrons. The Bertz CT molecular complexity index is 424. The molecule has 0 aromatic rings. The minimum atomic E-state index is -2.76. The molecular formula is C12H22O11. The van der Waals surface area contributed by atoms with Gasteiger partial charge in [-0.1, -0.05) is 0 Å². The van der Waals surface area contributed by atoms with Gasteiger partial charge in [0.1, 0.15) is 48.8 Å². The summed E-state index contributed by atoms with van der Waals surface area (Å²) in [5.74, 6) is 0. The van der Waals surface area contributed by atoms with Crippen LogP contribution in [0.3, 0.4) is 0 Å². The van der Waals surface area contributed by atoms with Gasteiger partial charge in [-0.25, -0.2) is 0 Å². The molecule has 10 atom stereocenters. The zero-order valence-electron chi connectivity index (χ0n) is 12.9. The van der Waals surface area contributed by atoms with Crippen molar-refractivity contribution in [2.75, 3.05) is 13.2 Å². The third kappa shape index (κ3) is 3.65. The molecule has 11 heteroatoms. The van der Waals surface area contributed by atoms with Crippen molar-refractivity contribution >= 4 is 0 Å². The van der Waals surface area contributed by atoms with Gasteiger partial charge in [0, 0.05) is 0 Å². The van der Waals surface area contributed by atoms with Crippen LogP contribution < -0.4 is 0 Å². The van der Waals surface area contributed by atoms with Crippen LogP contribution >= 0.6 is 0 Å². The Morgan fingerprint density at radius 1 is 0.696 bits per heavy atom. The Morgan fingerprint density at radius 2 is 1.17 bits per heavy atom. The Kier molecular flexibility index (Phi) is 5.77. The predicted molar refractivity (Wildman–Crippen MR) is 68.6 cm³/mol. The lowest BCUT2D eigenvalue weighted by Gasteiger charge is -2.44. The molecule has 2 heterocycles. The summed E-state index contributed by atoms with van der Waals surface area (Å²) in [6.07, 6.45) is -18.4. The molecule has 2 aliphatic rings. The zero-order valence-corrected chi connectivity index (χ0v) is 11.9. The van der Waals surface area contributed by atoms with Crippen LogP contribution in [0, 0.1) is 0 Å². The van der Waals surface area contributed by atoms with Crippen molar-refractivity contribution in [1.82, 2.24) is 0 Å². The van der Waals surface area contributed by atoms with Crippen LogP contribution in [-0.4, -0.2) is 115 Å². The number of aliphatic hydroxyl groups is 8. The molecule has 5 unspecified atom stereocenters. The van der Waals surface area contributed by atoms with Crippen molar-refractivity contribution in [3.8, 4) is 0 Å². The third-order valence-electron chi connectivity index (χ3n) is 3.82. The molecule has 2 fully saturated rings. The second-order valence-electron chi connectivity index (χ2n) is 5.40. The third-order valence-corrected chi connectivity index (χ3v) is 3.82. The lowest BCUT2D eigenvalue weighted by Crippen LogP contribution is -2.63. The van der Waals surface area contributed by atoms with E-state index in [9.17, 15) is 30.6 Å². The van der Waals surface area contributed by atoms with Gasteiger partial charge in [-0.2, -0.15) is 0 Å². The van der Waals surface area contributed by atoms with Crippen LogP contribution in [-0.2, 0) is 14.2 Å². The van der Waals surface area contributed by atoms with Crippen LogP contribution in [0.15, 0.2) is 0 Å². The van der Waals surface area contributed by atoms with Gasteiger partial charge in [0.05, 0.1) is 14.6 Å². The molecule has 2 rings (SSSR count). The summed E-state index contributed by atoms with van der Waals surface area (Å²) in [4.78, 5) is 0. The topological polar surface area (TPSA) is 190 Å². The highest BCUT2D eigenvalue weighted by Crippen LogP contribution is 2.27. The summed E-state index contributed by atoms with van der Waals surface area (Å²) in [5, 5.41) is 76.7. The fourth-order valence-electron chi connectivity index (χ4n) is 2.36. The molecule has 23 heavy (non-hydrogen) atoms. The fraction of sp³-hybridized carbons (Fsp3) is 1.00. The van der Waals surface area contributed by atoms with Crippen molar-refractivity contribution in [3.05, 3.63) is 0 Å². The summed E-state index contributed by atoms with van der Waals surface area (Å²) in [5.41, 5.74) is 0. The highest BCUT2D eigenvalue weighted by atomic mass is 16.8. The van der Waals surface area contributed by atoms with Crippen molar-refractivity contribution < 1.29 is 56.4 Å². The Morgan fingerprint density at radius 3 is 1.70 bits per heavy atom. The van der Waals surface area contributed by atoms with Crippen LogP contribution in [0.4, 0.5) is 0 Å². The van der Waals surface area contributed by atoms with E-state index in [1.165, 1.54) is 0 Å². The average molecular weight is 343 g/mol. The predicted octanol–water partition coefficient (Wildman–Crippen LogP) is -5.40. The smallest absolute Gasteiger partial charge is 0.189 e. The maximum absolute atomic E-state index is 9.91. The molecule has 0 saturated carbocycles. The van der Waals surface area contributed by atoms with Gasteiger partial charge in [-0.3, -0.25) is 0 Å². The highest BCUT2D eigenvalue weighted by molar-refractivity contribution is 4.92. The van der Waals surface area contributed by atoms with Gasteiger partial charge in [0.2, 0.25) is 0 Å². The first-order valence-corrected chi connectivity index (χ1v) is 6.97. The van der Waals surface area contributed by atoms with Gasteiger partial charge < -0.3 is 55.1 Å². The number of ether oxygens (including phenoxy) is 3. The molecule has 0 amide bonds. The maximum atomic E-state index is 9.91. The van der Waals surface area contributed by atoms with Crippen molar-refractivity contribution in [2.45, 2.75) is 61.4 Å². The normalized spacial score (nSPS) is 55.5. The lowest BCUT2D eigenvalue weighted by molar-refractivity contribution is -0.376. The molecule has 2 saturated heterocycles. The zero-order chi connectivity index (χ0) is 18.2. The van der Waals surface area contributed by atoms with Crippen molar-refractivity contribution in [1.29, 1.82) is 0 Å². The number of rotatable bonds is 4. The van der Waals surface area contributed by atoms with Crippen LogP contribution in [0.2, 0.25) is 0 Å². The monoisotopic (exact) mass is 343 g/mol. The quantitative estimate of drug-likeness (QED) is 0.243. The summed E-state index contributed by atoms with van der Waals surface area (Å²) in [6.45, 7) is -1.54. The van der Waals surface area contributed by atoms with E-state index in [0.29, 0.717) is 0 Å². The van der Waals surface area contributed by atoms with E-state index >= 15 is 0 Å². The molecular weight excluding hydrogens is 320 g/mol. The summed E-state index contributed by atoms with van der Waals surface area (Å²) >= 11 is 0. The second-order valence-corrected chi connectivity index (χ2v) is 5.40. The van der Waals surface area contributed by atoms with Crippen LogP contribution in [0.5, 0.6) is 0 Å². The SMILES string of the molecule is [2H][C@]1(O[C@H]2OC(CO)[C@@H](O)C(O)C2O)OC(CO)[C@@H](O)C(O)[C@@H]1O. The molecule has 11 nitrogen and oxygen atoms in total. The largest absolute Gasteiger partial charge is 0.394 e. The molecule has 0 bridgehead atoms. The molecule has 2 aliphatic heterocycles. The highest BCUT2D eigenvalue weighted by Gasteiger charge is 2.49. The lowest BCUT2D eigenvalue weighted by atomic mass is 9.98. The van der Waals surface area contributed by atoms with E-state index < -0.39 is 74.6 Å². The maximum Gasteiger partial charge on any atom is 0.189 e. The van der Waals surface area contributed by atoms with E-state index in [0.717, 1.165) is 0 Å².